The number of nitrogens with zero attached hydrogens (tertiary/aromatic N) is 2. The summed E-state index contributed by atoms with van der Waals surface area (Å²) >= 11 is 1.12. The molecular weight excluding hydrogens is 486 g/mol. The van der Waals surface area contributed by atoms with Crippen LogP contribution in [0, 0.1) is 0 Å². The maximum atomic E-state index is 13.3. The van der Waals surface area contributed by atoms with Crippen molar-refractivity contribution in [3.8, 4) is 17.2 Å². The van der Waals surface area contributed by atoms with Gasteiger partial charge in [0.2, 0.25) is 12.7 Å². The van der Waals surface area contributed by atoms with E-state index >= 15 is 0 Å². The second-order valence-corrected chi connectivity index (χ2v) is 8.84. The zero-order valence-corrected chi connectivity index (χ0v) is 20.9. The van der Waals surface area contributed by atoms with Crippen LogP contribution in [0.3, 0.4) is 0 Å². The first-order chi connectivity index (χ1) is 17.5. The van der Waals surface area contributed by atoms with Crippen molar-refractivity contribution in [2.75, 3.05) is 26.3 Å². The molecule has 1 amide bonds. The lowest BCUT2D eigenvalue weighted by Crippen LogP contribution is -2.26. The van der Waals surface area contributed by atoms with Gasteiger partial charge in [0.15, 0.2) is 16.7 Å². The highest BCUT2D eigenvalue weighted by Crippen LogP contribution is 2.35. The van der Waals surface area contributed by atoms with Crippen molar-refractivity contribution < 1.29 is 28.5 Å². The molecule has 1 N–H and O–H groups in total. The Kier molecular flexibility index (Phi) is 8.32. The minimum absolute atomic E-state index is 0.0126. The van der Waals surface area contributed by atoms with Crippen LogP contribution in [0.15, 0.2) is 46.3 Å². The van der Waals surface area contributed by atoms with Crippen LogP contribution < -0.4 is 25.1 Å². The number of nitrogens with one attached hydrogen (secondary N) is 1. The fourth-order valence-electron chi connectivity index (χ4n) is 3.65. The fourth-order valence-corrected chi connectivity index (χ4v) is 4.48. The number of thioether (sulfide) groups is 1. The molecule has 2 aromatic carbocycles. The van der Waals surface area contributed by atoms with Gasteiger partial charge in [-0.1, -0.05) is 23.9 Å². The van der Waals surface area contributed by atoms with Crippen LogP contribution in [0.5, 0.6) is 17.2 Å². The Labute approximate surface area is 211 Å². The molecule has 0 saturated heterocycles. The van der Waals surface area contributed by atoms with Crippen LogP contribution in [0.4, 0.5) is 0 Å². The Bertz CT molecular complexity index is 1310. The number of benzene rings is 2. The van der Waals surface area contributed by atoms with Crippen LogP contribution in [-0.4, -0.2) is 47.7 Å². The first-order valence-corrected chi connectivity index (χ1v) is 12.5. The van der Waals surface area contributed by atoms with Crippen LogP contribution in [-0.2, 0) is 27.4 Å². The van der Waals surface area contributed by atoms with Gasteiger partial charge >= 0.3 is 5.97 Å². The number of carbonyl (C=O) groups is 2. The largest absolute Gasteiger partial charge is 0.497 e. The topological polar surface area (TPSA) is 118 Å². The summed E-state index contributed by atoms with van der Waals surface area (Å²) in [5.41, 5.74) is 1.13. The van der Waals surface area contributed by atoms with E-state index in [1.807, 2.05) is 24.3 Å². The average molecular weight is 514 g/mol. The zero-order valence-electron chi connectivity index (χ0n) is 20.1. The third-order valence-electron chi connectivity index (χ3n) is 5.47. The zero-order chi connectivity index (χ0) is 25.5. The smallest absolute Gasteiger partial charge is 0.316 e. The molecule has 0 bridgehead atoms. The number of aromatic nitrogens is 2. The minimum Gasteiger partial charge on any atom is -0.497 e. The molecular formula is C25H27N3O7S. The maximum absolute atomic E-state index is 13.3. The van der Waals surface area contributed by atoms with Gasteiger partial charge in [0.05, 0.1) is 30.4 Å². The molecule has 0 fully saturated rings. The van der Waals surface area contributed by atoms with E-state index in [4.69, 9.17) is 18.9 Å². The number of hydrogen-bond acceptors (Lipinski definition) is 9. The SMILES string of the molecule is CCOC(=O)CSc1nc2cc3c(cc2c(=O)n1CCCC(=O)NCc1ccc(OC)cc1)OCO3. The van der Waals surface area contributed by atoms with Gasteiger partial charge in [-0.25, -0.2) is 4.98 Å². The number of methoxy groups -OCH3 is 1. The molecule has 0 saturated carbocycles. The predicted octanol–water partition coefficient (Wildman–Crippen LogP) is 2.89. The number of ether oxygens (including phenoxy) is 4. The number of esters is 1. The highest BCUT2D eigenvalue weighted by atomic mass is 32.2. The van der Waals surface area contributed by atoms with Gasteiger partial charge in [-0.15, -0.1) is 0 Å². The molecule has 3 aromatic rings. The van der Waals surface area contributed by atoms with Crippen LogP contribution >= 0.6 is 11.8 Å². The third kappa shape index (κ3) is 6.09. The molecule has 1 aliphatic heterocycles. The lowest BCUT2D eigenvalue weighted by Gasteiger charge is -2.13. The Balaban J connectivity index is 1.45. The van der Waals surface area contributed by atoms with Gasteiger partial charge in [0, 0.05) is 25.6 Å². The number of fused-ring (bicyclic) bond motifs is 2. The van der Waals surface area contributed by atoms with Gasteiger partial charge < -0.3 is 24.3 Å². The Morgan fingerprint density at radius 1 is 1.17 bits per heavy atom. The van der Waals surface area contributed by atoms with Crippen molar-refractivity contribution in [1.29, 1.82) is 0 Å². The highest BCUT2D eigenvalue weighted by Gasteiger charge is 2.20. The van der Waals surface area contributed by atoms with Gasteiger partial charge in [0.1, 0.15) is 5.75 Å². The van der Waals surface area contributed by atoms with E-state index in [0.29, 0.717) is 40.5 Å². The van der Waals surface area contributed by atoms with Crippen LogP contribution in [0.25, 0.3) is 10.9 Å². The van der Waals surface area contributed by atoms with E-state index in [1.54, 1.807) is 26.2 Å². The van der Waals surface area contributed by atoms with Crippen LogP contribution in [0.1, 0.15) is 25.3 Å². The normalized spacial score (nSPS) is 11.9. The summed E-state index contributed by atoms with van der Waals surface area (Å²) in [6.45, 7) is 2.74. The molecule has 1 aromatic heterocycles. The predicted molar refractivity (Wildman–Crippen MR) is 134 cm³/mol. The van der Waals surface area contributed by atoms with Gasteiger partial charge in [0.25, 0.3) is 5.56 Å². The summed E-state index contributed by atoms with van der Waals surface area (Å²) in [7, 11) is 1.60. The van der Waals surface area contributed by atoms with Crippen LogP contribution in [0.2, 0.25) is 0 Å². The Hall–Kier alpha value is -3.73. The average Bonchev–Trinajstić information content (AvgIpc) is 3.34. The second kappa shape index (κ2) is 11.8. The van der Waals surface area contributed by atoms with Crippen molar-refractivity contribution >= 4 is 34.5 Å². The molecule has 0 radical (unpaired) electrons. The number of amides is 1. The van der Waals surface area contributed by atoms with Crippen molar-refractivity contribution in [3.05, 3.63) is 52.3 Å². The molecule has 0 atom stereocenters. The number of carbonyl (C=O) groups excluding carboxylic acids is 2. The van der Waals surface area contributed by atoms with E-state index in [0.717, 1.165) is 23.1 Å². The van der Waals surface area contributed by atoms with Crippen molar-refractivity contribution in [3.63, 3.8) is 0 Å². The lowest BCUT2D eigenvalue weighted by molar-refractivity contribution is -0.139. The molecule has 0 spiro atoms. The van der Waals surface area contributed by atoms with Crippen molar-refractivity contribution in [2.24, 2.45) is 0 Å². The molecule has 10 nitrogen and oxygen atoms in total. The van der Waals surface area contributed by atoms with E-state index in [1.165, 1.54) is 4.57 Å². The molecule has 4 rings (SSSR count). The van der Waals surface area contributed by atoms with E-state index in [2.05, 4.69) is 10.3 Å². The Morgan fingerprint density at radius 2 is 1.92 bits per heavy atom. The summed E-state index contributed by atoms with van der Waals surface area (Å²) in [5.74, 6) is 1.24. The van der Waals surface area contributed by atoms with Crippen molar-refractivity contribution in [2.45, 2.75) is 38.0 Å². The number of rotatable bonds is 11. The Morgan fingerprint density at radius 3 is 2.64 bits per heavy atom. The first kappa shape index (κ1) is 25.4. The summed E-state index contributed by atoms with van der Waals surface area (Å²) < 4.78 is 22.4. The number of hydrogen-bond donors (Lipinski definition) is 1. The van der Waals surface area contributed by atoms with Crippen molar-refractivity contribution in [1.82, 2.24) is 14.9 Å². The maximum Gasteiger partial charge on any atom is 0.316 e. The molecule has 0 unspecified atom stereocenters. The van der Waals surface area contributed by atoms with Gasteiger partial charge in [-0.05, 0) is 37.1 Å². The molecule has 11 heteroatoms. The standard InChI is InChI=1S/C25H27N3O7S/c1-3-33-23(30)14-36-25-27-19-12-21-20(34-15-35-21)11-18(19)24(31)28(25)10-4-5-22(29)26-13-16-6-8-17(32-2)9-7-16/h6-9,11-12H,3-5,10,13-15H2,1-2H3,(H,26,29). The first-order valence-electron chi connectivity index (χ1n) is 11.5. The summed E-state index contributed by atoms with van der Waals surface area (Å²) in [6, 6.07) is 10.7. The monoisotopic (exact) mass is 513 g/mol. The molecule has 36 heavy (non-hydrogen) atoms. The minimum atomic E-state index is -0.396. The summed E-state index contributed by atoms with van der Waals surface area (Å²) in [6.07, 6.45) is 0.642. The summed E-state index contributed by atoms with van der Waals surface area (Å²) in [5, 5.41) is 3.64. The third-order valence-corrected chi connectivity index (χ3v) is 6.42. The van der Waals surface area contributed by atoms with Gasteiger partial charge in [-0.2, -0.15) is 0 Å². The summed E-state index contributed by atoms with van der Waals surface area (Å²) in [4.78, 5) is 42.2. The fraction of sp³-hybridized carbons (Fsp3) is 0.360. The quantitative estimate of drug-likeness (QED) is 0.235. The molecule has 0 aliphatic carbocycles. The van der Waals surface area contributed by atoms with E-state index in [9.17, 15) is 14.4 Å². The van der Waals surface area contributed by atoms with E-state index in [-0.39, 0.29) is 43.6 Å². The highest BCUT2D eigenvalue weighted by molar-refractivity contribution is 7.99. The molecule has 2 heterocycles. The van der Waals surface area contributed by atoms with E-state index < -0.39 is 5.97 Å². The molecule has 1 aliphatic rings. The van der Waals surface area contributed by atoms with Gasteiger partial charge in [-0.3, -0.25) is 19.0 Å². The lowest BCUT2D eigenvalue weighted by atomic mass is 10.2. The second-order valence-electron chi connectivity index (χ2n) is 7.90. The molecule has 190 valence electrons.